The van der Waals surface area contributed by atoms with Crippen molar-refractivity contribution < 1.29 is 19.7 Å². The minimum atomic E-state index is -0.652. The van der Waals surface area contributed by atoms with Crippen LogP contribution in [0.5, 0.6) is 0 Å². The minimum Gasteiger partial charge on any atom is -0.512 e. The van der Waals surface area contributed by atoms with Gasteiger partial charge in [0.05, 0.1) is 11.9 Å². The third-order valence-electron chi connectivity index (χ3n) is 6.86. The van der Waals surface area contributed by atoms with Crippen molar-refractivity contribution in [2.75, 3.05) is 0 Å². The quantitative estimate of drug-likeness (QED) is 0.672. The van der Waals surface area contributed by atoms with E-state index in [1.165, 1.54) is 0 Å². The summed E-state index contributed by atoms with van der Waals surface area (Å²) < 4.78 is 5.87. The van der Waals surface area contributed by atoms with Crippen LogP contribution < -0.4 is 0 Å². The molecule has 1 heterocycles. The van der Waals surface area contributed by atoms with Gasteiger partial charge in [-0.2, -0.15) is 0 Å². The summed E-state index contributed by atoms with van der Waals surface area (Å²) in [7, 11) is 0. The molecule has 0 amide bonds. The maximum atomic E-state index is 12.4. The first kappa shape index (κ1) is 15.3. The van der Waals surface area contributed by atoms with Gasteiger partial charge in [0, 0.05) is 23.5 Å². The van der Waals surface area contributed by atoms with E-state index in [1.807, 2.05) is 0 Å². The summed E-state index contributed by atoms with van der Waals surface area (Å²) in [6, 6.07) is 0. The molecule has 23 heavy (non-hydrogen) atoms. The number of carbonyl (C=O) groups is 1. The first-order valence-corrected chi connectivity index (χ1v) is 8.81. The van der Waals surface area contributed by atoms with Gasteiger partial charge in [0.2, 0.25) is 0 Å². The van der Waals surface area contributed by atoms with Gasteiger partial charge < -0.3 is 14.9 Å². The van der Waals surface area contributed by atoms with Gasteiger partial charge in [0.15, 0.2) is 0 Å². The van der Waals surface area contributed by atoms with Gasteiger partial charge in [0.1, 0.15) is 6.10 Å². The molecular formula is C19H26O4. The molecule has 4 nitrogen and oxygen atoms in total. The van der Waals surface area contributed by atoms with Crippen molar-refractivity contribution in [1.82, 2.24) is 0 Å². The topological polar surface area (TPSA) is 66.8 Å². The smallest absolute Gasteiger partial charge is 0.334 e. The first-order chi connectivity index (χ1) is 10.8. The van der Waals surface area contributed by atoms with Gasteiger partial charge in [0.25, 0.3) is 0 Å². The Kier molecular flexibility index (Phi) is 3.07. The molecule has 3 aliphatic carbocycles. The zero-order chi connectivity index (χ0) is 16.6. The average molecular weight is 318 g/mol. The van der Waals surface area contributed by atoms with Gasteiger partial charge in [-0.05, 0) is 48.5 Å². The molecule has 2 N–H and O–H groups in total. The molecule has 0 spiro atoms. The lowest BCUT2D eigenvalue weighted by atomic mass is 9.55. The molecular weight excluding hydrogens is 292 g/mol. The standard InChI is InChI=1S/C19H26O4/c1-18(2)11-6-7-12(20)15(18)13(21)9-19(3)8-4-5-10-14(19)16(11)23-17(10)22/h11,13,16,20-21H,4-9H2,1-3H3/t11-,13?,16?,19-/m0/s1. The molecule has 2 unspecified atom stereocenters. The summed E-state index contributed by atoms with van der Waals surface area (Å²) in [6.45, 7) is 6.30. The molecule has 2 bridgehead atoms. The van der Waals surface area contributed by atoms with Crippen molar-refractivity contribution in [3.63, 3.8) is 0 Å². The fourth-order valence-corrected chi connectivity index (χ4v) is 5.80. The fraction of sp³-hybridized carbons (Fsp3) is 0.737. The number of fused-ring (bicyclic) bond motifs is 3. The molecule has 0 aromatic heterocycles. The Bertz CT molecular complexity index is 642. The Balaban J connectivity index is 1.94. The summed E-state index contributed by atoms with van der Waals surface area (Å²) >= 11 is 0. The summed E-state index contributed by atoms with van der Waals surface area (Å²) in [4.78, 5) is 12.4. The van der Waals surface area contributed by atoms with Crippen LogP contribution in [0, 0.1) is 16.7 Å². The van der Waals surface area contributed by atoms with E-state index in [-0.39, 0.29) is 28.8 Å². The van der Waals surface area contributed by atoms with Crippen LogP contribution >= 0.6 is 0 Å². The van der Waals surface area contributed by atoms with Crippen LogP contribution in [0.1, 0.15) is 59.3 Å². The molecule has 1 fully saturated rings. The molecule has 126 valence electrons. The largest absolute Gasteiger partial charge is 0.512 e. The lowest BCUT2D eigenvalue weighted by Gasteiger charge is -2.51. The zero-order valence-corrected chi connectivity index (χ0v) is 14.2. The monoisotopic (exact) mass is 318 g/mol. The van der Waals surface area contributed by atoms with E-state index >= 15 is 0 Å². The molecule has 4 heteroatoms. The van der Waals surface area contributed by atoms with Crippen molar-refractivity contribution in [1.29, 1.82) is 0 Å². The van der Waals surface area contributed by atoms with E-state index in [0.717, 1.165) is 42.4 Å². The lowest BCUT2D eigenvalue weighted by Crippen LogP contribution is -2.49. The summed E-state index contributed by atoms with van der Waals surface area (Å²) in [6.07, 6.45) is 3.81. The van der Waals surface area contributed by atoms with Gasteiger partial charge >= 0.3 is 5.97 Å². The third-order valence-corrected chi connectivity index (χ3v) is 6.86. The second-order valence-corrected chi connectivity index (χ2v) is 8.58. The van der Waals surface area contributed by atoms with Gasteiger partial charge in [-0.15, -0.1) is 0 Å². The predicted molar refractivity (Wildman–Crippen MR) is 85.6 cm³/mol. The summed E-state index contributed by atoms with van der Waals surface area (Å²) in [5.41, 5.74) is 2.22. The number of rotatable bonds is 0. The molecule has 4 atom stereocenters. The van der Waals surface area contributed by atoms with Crippen LogP contribution in [0.4, 0.5) is 0 Å². The molecule has 1 saturated carbocycles. The van der Waals surface area contributed by atoms with Crippen molar-refractivity contribution in [2.45, 2.75) is 71.5 Å². The second-order valence-electron chi connectivity index (χ2n) is 8.58. The summed E-state index contributed by atoms with van der Waals surface area (Å²) in [5, 5.41) is 21.4. The van der Waals surface area contributed by atoms with E-state index in [1.54, 1.807) is 0 Å². The molecule has 1 aliphatic heterocycles. The minimum absolute atomic E-state index is 0.122. The number of carbonyl (C=O) groups excluding carboxylic acids is 1. The van der Waals surface area contributed by atoms with Crippen LogP contribution in [0.2, 0.25) is 0 Å². The zero-order valence-electron chi connectivity index (χ0n) is 14.2. The van der Waals surface area contributed by atoms with Crippen molar-refractivity contribution in [3.05, 3.63) is 22.5 Å². The van der Waals surface area contributed by atoms with Crippen molar-refractivity contribution in [3.8, 4) is 0 Å². The summed E-state index contributed by atoms with van der Waals surface area (Å²) in [5.74, 6) is 0.316. The van der Waals surface area contributed by atoms with E-state index < -0.39 is 6.10 Å². The Hall–Kier alpha value is -1.29. The van der Waals surface area contributed by atoms with E-state index in [0.29, 0.717) is 18.6 Å². The SMILES string of the molecule is CC1(C)C2=C(O)CC[C@H]1C1OC(=O)C3=C1[C@@](C)(CCC3)CC2O. The highest BCUT2D eigenvalue weighted by Crippen LogP contribution is 2.59. The number of aliphatic hydroxyl groups excluding tert-OH is 2. The molecule has 0 aromatic rings. The third kappa shape index (κ3) is 1.90. The van der Waals surface area contributed by atoms with Crippen LogP contribution in [-0.4, -0.2) is 28.4 Å². The maximum Gasteiger partial charge on any atom is 0.334 e. The highest BCUT2D eigenvalue weighted by molar-refractivity contribution is 5.93. The molecule has 0 radical (unpaired) electrons. The fourth-order valence-electron chi connectivity index (χ4n) is 5.80. The van der Waals surface area contributed by atoms with Crippen LogP contribution in [0.3, 0.4) is 0 Å². The normalized spacial score (nSPS) is 42.1. The van der Waals surface area contributed by atoms with Gasteiger partial charge in [-0.3, -0.25) is 0 Å². The molecule has 0 aromatic carbocycles. The van der Waals surface area contributed by atoms with Gasteiger partial charge in [-0.1, -0.05) is 20.8 Å². The number of allylic oxidation sites excluding steroid dienone is 1. The average Bonchev–Trinajstić information content (AvgIpc) is 2.75. The van der Waals surface area contributed by atoms with E-state index in [2.05, 4.69) is 20.8 Å². The van der Waals surface area contributed by atoms with Crippen molar-refractivity contribution in [2.24, 2.45) is 16.7 Å². The second kappa shape index (κ2) is 4.62. The van der Waals surface area contributed by atoms with Gasteiger partial charge in [-0.25, -0.2) is 4.79 Å². The number of hydrogen-bond acceptors (Lipinski definition) is 4. The Labute approximate surface area is 137 Å². The van der Waals surface area contributed by atoms with Crippen LogP contribution in [0.25, 0.3) is 0 Å². The highest BCUT2D eigenvalue weighted by atomic mass is 16.5. The molecule has 0 saturated heterocycles. The lowest BCUT2D eigenvalue weighted by molar-refractivity contribution is -0.144. The van der Waals surface area contributed by atoms with Crippen LogP contribution in [-0.2, 0) is 9.53 Å². The van der Waals surface area contributed by atoms with Crippen LogP contribution in [0.15, 0.2) is 22.5 Å². The molecule has 4 aliphatic rings. The number of hydrogen-bond donors (Lipinski definition) is 2. The number of esters is 1. The number of aliphatic hydroxyl groups is 2. The highest BCUT2D eigenvalue weighted by Gasteiger charge is 2.57. The number of ether oxygens (including phenoxy) is 1. The Morgan fingerprint density at radius 2 is 1.91 bits per heavy atom. The Morgan fingerprint density at radius 3 is 2.65 bits per heavy atom. The van der Waals surface area contributed by atoms with Crippen molar-refractivity contribution >= 4 is 5.97 Å². The maximum absolute atomic E-state index is 12.4. The van der Waals surface area contributed by atoms with E-state index in [9.17, 15) is 15.0 Å². The predicted octanol–water partition coefficient (Wildman–Crippen LogP) is 3.41. The Morgan fingerprint density at radius 1 is 1.17 bits per heavy atom. The molecule has 4 rings (SSSR count). The van der Waals surface area contributed by atoms with E-state index in [4.69, 9.17) is 4.74 Å². The first-order valence-electron chi connectivity index (χ1n) is 8.81.